The molecule has 1 saturated heterocycles. The van der Waals surface area contributed by atoms with Gasteiger partial charge in [0.05, 0.1) is 0 Å². The van der Waals surface area contributed by atoms with Crippen molar-refractivity contribution >= 4 is 29.0 Å². The summed E-state index contributed by atoms with van der Waals surface area (Å²) in [4.78, 5) is 20.9. The van der Waals surface area contributed by atoms with Gasteiger partial charge in [0, 0.05) is 28.1 Å². The van der Waals surface area contributed by atoms with Crippen LogP contribution in [0, 0.1) is 5.92 Å². The SMILES string of the molecule is CSc1cccc(-c2nc(C(=O)N3CCCC4CCCC=C43)cs2)c1. The van der Waals surface area contributed by atoms with Crippen LogP contribution in [0.3, 0.4) is 0 Å². The topological polar surface area (TPSA) is 33.2 Å². The summed E-state index contributed by atoms with van der Waals surface area (Å²) in [6, 6.07) is 8.34. The van der Waals surface area contributed by atoms with Gasteiger partial charge in [0.2, 0.25) is 0 Å². The van der Waals surface area contributed by atoms with E-state index in [1.165, 1.54) is 29.9 Å². The minimum atomic E-state index is 0.0707. The van der Waals surface area contributed by atoms with Gasteiger partial charge < -0.3 is 4.90 Å². The zero-order valence-corrected chi connectivity index (χ0v) is 16.0. The van der Waals surface area contributed by atoms with Crippen molar-refractivity contribution < 1.29 is 4.79 Å². The number of aromatic nitrogens is 1. The van der Waals surface area contributed by atoms with Crippen molar-refractivity contribution in [2.24, 2.45) is 5.92 Å². The van der Waals surface area contributed by atoms with E-state index in [0.29, 0.717) is 11.6 Å². The number of thioether (sulfide) groups is 1. The number of likely N-dealkylation sites (tertiary alicyclic amines) is 1. The number of carbonyl (C=O) groups is 1. The molecule has 0 bridgehead atoms. The van der Waals surface area contributed by atoms with Gasteiger partial charge in [0.1, 0.15) is 10.7 Å². The van der Waals surface area contributed by atoms with E-state index in [0.717, 1.165) is 30.0 Å². The van der Waals surface area contributed by atoms with Gasteiger partial charge in [-0.2, -0.15) is 0 Å². The zero-order valence-electron chi connectivity index (χ0n) is 14.4. The van der Waals surface area contributed by atoms with E-state index < -0.39 is 0 Å². The molecule has 1 aliphatic heterocycles. The summed E-state index contributed by atoms with van der Waals surface area (Å²) in [6.07, 6.45) is 10.2. The molecule has 2 aromatic rings. The Balaban J connectivity index is 1.59. The van der Waals surface area contributed by atoms with E-state index in [1.807, 2.05) is 16.3 Å². The molecule has 1 aromatic heterocycles. The van der Waals surface area contributed by atoms with Gasteiger partial charge in [-0.1, -0.05) is 18.2 Å². The molecule has 3 nitrogen and oxygen atoms in total. The maximum atomic E-state index is 13.0. The average Bonchev–Trinajstić information content (AvgIpc) is 3.17. The third kappa shape index (κ3) is 3.40. The number of thiazole rings is 1. The summed E-state index contributed by atoms with van der Waals surface area (Å²) in [5.74, 6) is 0.643. The predicted molar refractivity (Wildman–Crippen MR) is 105 cm³/mol. The Morgan fingerprint density at radius 3 is 3.08 bits per heavy atom. The molecule has 1 atom stereocenters. The molecule has 130 valence electrons. The van der Waals surface area contributed by atoms with Gasteiger partial charge >= 0.3 is 0 Å². The van der Waals surface area contributed by atoms with Gasteiger partial charge in [-0.15, -0.1) is 23.1 Å². The molecule has 1 aromatic carbocycles. The molecule has 0 saturated carbocycles. The van der Waals surface area contributed by atoms with E-state index in [-0.39, 0.29) is 5.91 Å². The largest absolute Gasteiger partial charge is 0.311 e. The zero-order chi connectivity index (χ0) is 17.2. The molecule has 5 heteroatoms. The fourth-order valence-electron chi connectivity index (χ4n) is 3.79. The van der Waals surface area contributed by atoms with E-state index in [2.05, 4.69) is 35.5 Å². The fraction of sp³-hybridized carbons (Fsp3) is 0.400. The summed E-state index contributed by atoms with van der Waals surface area (Å²) in [5, 5.41) is 2.83. The van der Waals surface area contributed by atoms with Gasteiger partial charge in [0.25, 0.3) is 5.91 Å². The standard InChI is InChI=1S/C20H22N2OS2/c1-24-16-9-4-7-15(12-16)19-21-17(13-25-19)20(23)22-11-5-8-14-6-2-3-10-18(14)22/h4,7,9-10,12-14H,2-3,5-6,8,11H2,1H3. The third-order valence-corrected chi connectivity index (χ3v) is 6.68. The van der Waals surface area contributed by atoms with Gasteiger partial charge in [-0.25, -0.2) is 4.98 Å². The highest BCUT2D eigenvalue weighted by molar-refractivity contribution is 7.98. The number of piperidine rings is 1. The summed E-state index contributed by atoms with van der Waals surface area (Å²) < 4.78 is 0. The molecule has 0 N–H and O–H groups in total. The maximum absolute atomic E-state index is 13.0. The number of hydrogen-bond acceptors (Lipinski definition) is 4. The molecule has 2 aliphatic rings. The van der Waals surface area contributed by atoms with Crippen LogP contribution in [0.1, 0.15) is 42.6 Å². The number of hydrogen-bond donors (Lipinski definition) is 0. The number of fused-ring (bicyclic) bond motifs is 1. The first-order chi connectivity index (χ1) is 12.3. The number of benzene rings is 1. The highest BCUT2D eigenvalue weighted by Crippen LogP contribution is 2.36. The highest BCUT2D eigenvalue weighted by Gasteiger charge is 2.31. The normalized spacial score (nSPS) is 20.1. The Kier molecular flexibility index (Phi) is 4.95. The van der Waals surface area contributed by atoms with Crippen LogP contribution in [-0.2, 0) is 0 Å². The van der Waals surface area contributed by atoms with E-state index in [9.17, 15) is 4.79 Å². The van der Waals surface area contributed by atoms with Crippen molar-refractivity contribution in [1.29, 1.82) is 0 Å². The molecule has 25 heavy (non-hydrogen) atoms. The second-order valence-electron chi connectivity index (χ2n) is 6.63. The van der Waals surface area contributed by atoms with Crippen molar-refractivity contribution in [2.45, 2.75) is 37.0 Å². The van der Waals surface area contributed by atoms with Crippen LogP contribution in [0.25, 0.3) is 10.6 Å². The monoisotopic (exact) mass is 370 g/mol. The molecule has 1 amide bonds. The van der Waals surface area contributed by atoms with Crippen LogP contribution in [0.5, 0.6) is 0 Å². The second-order valence-corrected chi connectivity index (χ2v) is 8.36. The Hall–Kier alpha value is -1.59. The molecular weight excluding hydrogens is 348 g/mol. The van der Waals surface area contributed by atoms with Crippen LogP contribution < -0.4 is 0 Å². The smallest absolute Gasteiger partial charge is 0.277 e. The lowest BCUT2D eigenvalue weighted by atomic mass is 9.85. The Bertz CT molecular complexity index is 812. The lowest BCUT2D eigenvalue weighted by Crippen LogP contribution is -2.39. The van der Waals surface area contributed by atoms with Crippen LogP contribution in [0.2, 0.25) is 0 Å². The summed E-state index contributed by atoms with van der Waals surface area (Å²) in [5.41, 5.74) is 2.92. The summed E-state index contributed by atoms with van der Waals surface area (Å²) >= 11 is 3.28. The number of carbonyl (C=O) groups excluding carboxylic acids is 1. The molecular formula is C20H22N2OS2. The second kappa shape index (κ2) is 7.34. The van der Waals surface area contributed by atoms with E-state index >= 15 is 0 Å². The first-order valence-electron chi connectivity index (χ1n) is 8.88. The predicted octanol–water partition coefficient (Wildman–Crippen LogP) is 5.45. The molecule has 4 rings (SSSR count). The molecule has 0 spiro atoms. The third-order valence-electron chi connectivity index (χ3n) is 5.06. The number of allylic oxidation sites excluding steroid dienone is 2. The van der Waals surface area contributed by atoms with E-state index in [1.54, 1.807) is 23.1 Å². The Labute approximate surface area is 157 Å². The molecule has 1 fully saturated rings. The highest BCUT2D eigenvalue weighted by atomic mass is 32.2. The van der Waals surface area contributed by atoms with Crippen molar-refractivity contribution in [3.05, 3.63) is 47.1 Å². The average molecular weight is 371 g/mol. The van der Waals surface area contributed by atoms with Gasteiger partial charge in [-0.05, 0) is 56.4 Å². The van der Waals surface area contributed by atoms with Gasteiger partial charge in [-0.3, -0.25) is 4.79 Å². The minimum Gasteiger partial charge on any atom is -0.311 e. The quantitative estimate of drug-likeness (QED) is 0.673. The van der Waals surface area contributed by atoms with Crippen molar-refractivity contribution in [2.75, 3.05) is 12.8 Å². The lowest BCUT2D eigenvalue weighted by Gasteiger charge is -2.37. The van der Waals surface area contributed by atoms with Crippen LogP contribution in [0.4, 0.5) is 0 Å². The van der Waals surface area contributed by atoms with E-state index in [4.69, 9.17) is 0 Å². The van der Waals surface area contributed by atoms with Crippen molar-refractivity contribution in [1.82, 2.24) is 9.88 Å². The van der Waals surface area contributed by atoms with Crippen LogP contribution in [0.15, 0.2) is 46.3 Å². The molecule has 2 heterocycles. The first kappa shape index (κ1) is 16.9. The first-order valence-corrected chi connectivity index (χ1v) is 11.0. The number of rotatable bonds is 3. The van der Waals surface area contributed by atoms with Crippen molar-refractivity contribution in [3.8, 4) is 10.6 Å². The fourth-order valence-corrected chi connectivity index (χ4v) is 5.04. The van der Waals surface area contributed by atoms with Crippen LogP contribution in [-0.4, -0.2) is 28.6 Å². The maximum Gasteiger partial charge on any atom is 0.277 e. The molecule has 1 aliphatic carbocycles. The summed E-state index contributed by atoms with van der Waals surface area (Å²) in [7, 11) is 0. The van der Waals surface area contributed by atoms with Gasteiger partial charge in [0.15, 0.2) is 0 Å². The minimum absolute atomic E-state index is 0.0707. The Morgan fingerprint density at radius 2 is 2.20 bits per heavy atom. The molecule has 0 radical (unpaired) electrons. The molecule has 1 unspecified atom stereocenters. The number of amides is 1. The summed E-state index contributed by atoms with van der Waals surface area (Å²) in [6.45, 7) is 0.829. The van der Waals surface area contributed by atoms with Crippen LogP contribution >= 0.6 is 23.1 Å². The number of nitrogens with zero attached hydrogens (tertiary/aromatic N) is 2. The Morgan fingerprint density at radius 1 is 1.32 bits per heavy atom. The lowest BCUT2D eigenvalue weighted by molar-refractivity contribution is 0.0744. The van der Waals surface area contributed by atoms with Crippen molar-refractivity contribution in [3.63, 3.8) is 0 Å².